The van der Waals surface area contributed by atoms with Crippen LogP contribution in [0, 0.1) is 0 Å². The summed E-state index contributed by atoms with van der Waals surface area (Å²) in [7, 11) is 0.413. The normalized spacial score (nSPS) is 38.2. The van der Waals surface area contributed by atoms with Crippen LogP contribution < -0.4 is 0 Å². The van der Waals surface area contributed by atoms with Crippen LogP contribution in [0.2, 0.25) is 0 Å². The summed E-state index contributed by atoms with van der Waals surface area (Å²) in [5.41, 5.74) is 1.06. The third kappa shape index (κ3) is 1.39. The van der Waals surface area contributed by atoms with Gasteiger partial charge in [-0.1, -0.05) is 6.92 Å². The van der Waals surface area contributed by atoms with Gasteiger partial charge in [-0.05, 0) is 38.0 Å². The van der Waals surface area contributed by atoms with Crippen molar-refractivity contribution in [2.45, 2.75) is 25.4 Å². The molecule has 0 saturated carbocycles. The lowest BCUT2D eigenvalue weighted by molar-refractivity contribution is 0.836. The highest BCUT2D eigenvalue weighted by molar-refractivity contribution is 8.55. The molecule has 0 radical (unpaired) electrons. The fourth-order valence-electron chi connectivity index (χ4n) is 1.18. The van der Waals surface area contributed by atoms with E-state index in [1.54, 1.807) is 0 Å². The number of rotatable bonds is 1. The molecule has 0 aromatic carbocycles. The first-order chi connectivity index (χ1) is 3.84. The van der Waals surface area contributed by atoms with Crippen LogP contribution >= 0.6 is 18.5 Å². The van der Waals surface area contributed by atoms with E-state index in [0.717, 1.165) is 5.66 Å². The summed E-state index contributed by atoms with van der Waals surface area (Å²) in [6.45, 7) is 2.40. The van der Waals surface area contributed by atoms with Crippen molar-refractivity contribution in [2.24, 2.45) is 0 Å². The molecule has 48 valence electrons. The molecule has 1 rings (SSSR count). The second-order valence-electron chi connectivity index (χ2n) is 2.31. The molecule has 1 aliphatic heterocycles. The van der Waals surface area contributed by atoms with Crippen LogP contribution in [0.4, 0.5) is 0 Å². The van der Waals surface area contributed by atoms with E-state index in [4.69, 9.17) is 0 Å². The summed E-state index contributed by atoms with van der Waals surface area (Å²) in [5, 5.41) is 0. The van der Waals surface area contributed by atoms with Gasteiger partial charge >= 0.3 is 0 Å². The van der Waals surface area contributed by atoms with E-state index in [1.807, 2.05) is 0 Å². The van der Waals surface area contributed by atoms with Crippen LogP contribution in [0.1, 0.15) is 19.8 Å². The number of hydrogen-bond donors (Lipinski definition) is 0. The van der Waals surface area contributed by atoms with Crippen molar-refractivity contribution in [1.82, 2.24) is 0 Å². The molecule has 0 nitrogen and oxygen atoms in total. The molecule has 0 aliphatic carbocycles. The minimum Gasteiger partial charge on any atom is -0.137 e. The van der Waals surface area contributed by atoms with Crippen LogP contribution in [-0.2, 0) is 0 Å². The minimum absolute atomic E-state index is 0.413. The van der Waals surface area contributed by atoms with E-state index >= 15 is 0 Å². The molecule has 2 atom stereocenters. The molecule has 0 aromatic heterocycles. The lowest BCUT2D eigenvalue weighted by Crippen LogP contribution is -1.86. The van der Waals surface area contributed by atoms with Crippen LogP contribution in [0.25, 0.3) is 0 Å². The van der Waals surface area contributed by atoms with Crippen molar-refractivity contribution in [2.75, 3.05) is 12.4 Å². The molecule has 2 heteroatoms. The Morgan fingerprint density at radius 3 is 2.62 bits per heavy atom. The number of hydrogen-bond acceptors (Lipinski definition) is 1. The van der Waals surface area contributed by atoms with Gasteiger partial charge in [-0.2, -0.15) is 0 Å². The van der Waals surface area contributed by atoms with E-state index in [-0.39, 0.29) is 0 Å². The van der Waals surface area contributed by atoms with E-state index in [0.29, 0.717) is 7.12 Å². The second kappa shape index (κ2) is 3.08. The zero-order valence-corrected chi connectivity index (χ0v) is 7.27. The summed E-state index contributed by atoms with van der Waals surface area (Å²) in [5.74, 6) is 0. The lowest BCUT2D eigenvalue weighted by atomic mass is 10.3. The van der Waals surface area contributed by atoms with Gasteiger partial charge in [-0.15, -0.1) is 11.4 Å². The summed E-state index contributed by atoms with van der Waals surface area (Å²) >= 11 is 2.11. The zero-order chi connectivity index (χ0) is 5.98. The van der Waals surface area contributed by atoms with Gasteiger partial charge in [0.15, 0.2) is 0 Å². The molecule has 2 unspecified atom stereocenters. The Morgan fingerprint density at radius 1 is 1.62 bits per heavy atom. The van der Waals surface area contributed by atoms with E-state index in [2.05, 4.69) is 24.6 Å². The SMILES string of the molecule is CSP1CCCC1C. The van der Waals surface area contributed by atoms with Crippen LogP contribution in [0.3, 0.4) is 0 Å². The molecule has 0 aromatic rings. The van der Waals surface area contributed by atoms with Crippen molar-refractivity contribution in [1.29, 1.82) is 0 Å². The molecule has 0 N–H and O–H groups in total. The fourth-order valence-corrected chi connectivity index (χ4v) is 5.46. The molecule has 1 aliphatic rings. The first-order valence-corrected chi connectivity index (χ1v) is 6.58. The van der Waals surface area contributed by atoms with E-state index in [9.17, 15) is 0 Å². The van der Waals surface area contributed by atoms with Crippen molar-refractivity contribution < 1.29 is 0 Å². The van der Waals surface area contributed by atoms with Crippen molar-refractivity contribution in [3.05, 3.63) is 0 Å². The van der Waals surface area contributed by atoms with Gasteiger partial charge in [0.1, 0.15) is 0 Å². The van der Waals surface area contributed by atoms with E-state index in [1.165, 1.54) is 19.0 Å². The quantitative estimate of drug-likeness (QED) is 0.515. The van der Waals surface area contributed by atoms with E-state index < -0.39 is 0 Å². The van der Waals surface area contributed by atoms with Crippen molar-refractivity contribution in [3.8, 4) is 0 Å². The smallest absolute Gasteiger partial charge is 0.0142 e. The summed E-state index contributed by atoms with van der Waals surface area (Å²) in [6, 6.07) is 0. The van der Waals surface area contributed by atoms with Gasteiger partial charge in [0.05, 0.1) is 0 Å². The maximum absolute atomic E-state index is 2.40. The highest BCUT2D eigenvalue weighted by Crippen LogP contribution is 2.58. The monoisotopic (exact) mass is 148 g/mol. The highest BCUT2D eigenvalue weighted by Gasteiger charge is 2.20. The van der Waals surface area contributed by atoms with Crippen molar-refractivity contribution in [3.63, 3.8) is 0 Å². The van der Waals surface area contributed by atoms with Crippen LogP contribution in [0.15, 0.2) is 0 Å². The largest absolute Gasteiger partial charge is 0.137 e. The average molecular weight is 148 g/mol. The van der Waals surface area contributed by atoms with Crippen LogP contribution in [0.5, 0.6) is 0 Å². The Kier molecular flexibility index (Phi) is 2.65. The Labute approximate surface area is 56.9 Å². The fraction of sp³-hybridized carbons (Fsp3) is 1.00. The summed E-state index contributed by atoms with van der Waals surface area (Å²) < 4.78 is 0. The Balaban J connectivity index is 2.30. The molecule has 1 saturated heterocycles. The predicted octanol–water partition coefficient (Wildman–Crippen LogP) is 2.93. The Morgan fingerprint density at radius 2 is 2.38 bits per heavy atom. The summed E-state index contributed by atoms with van der Waals surface area (Å²) in [6.07, 6.45) is 6.77. The molecular weight excluding hydrogens is 135 g/mol. The third-order valence-corrected chi connectivity index (χ3v) is 7.23. The van der Waals surface area contributed by atoms with Crippen LogP contribution in [-0.4, -0.2) is 18.1 Å². The van der Waals surface area contributed by atoms with Gasteiger partial charge in [0.25, 0.3) is 0 Å². The maximum atomic E-state index is 2.40. The standard InChI is InChI=1S/C6H13PS/c1-6-4-3-5-7(6)8-2/h6H,3-5H2,1-2H3. The van der Waals surface area contributed by atoms with Gasteiger partial charge < -0.3 is 0 Å². The third-order valence-electron chi connectivity index (χ3n) is 1.73. The molecule has 0 amide bonds. The molecule has 8 heavy (non-hydrogen) atoms. The second-order valence-corrected chi connectivity index (χ2v) is 7.35. The first kappa shape index (κ1) is 6.89. The highest BCUT2D eigenvalue weighted by atomic mass is 32.7. The predicted molar refractivity (Wildman–Crippen MR) is 44.0 cm³/mol. The Bertz CT molecular complexity index is 74.9. The Hall–Kier alpha value is 0.780. The molecular formula is C6H13PS. The minimum atomic E-state index is 0.413. The maximum Gasteiger partial charge on any atom is -0.0142 e. The molecule has 1 fully saturated rings. The summed E-state index contributed by atoms with van der Waals surface area (Å²) in [4.78, 5) is 0. The van der Waals surface area contributed by atoms with Gasteiger partial charge in [-0.3, -0.25) is 0 Å². The molecule has 1 heterocycles. The lowest BCUT2D eigenvalue weighted by Gasteiger charge is -2.10. The van der Waals surface area contributed by atoms with Gasteiger partial charge in [0, 0.05) is 0 Å². The molecule has 0 bridgehead atoms. The first-order valence-electron chi connectivity index (χ1n) is 3.15. The zero-order valence-electron chi connectivity index (χ0n) is 5.55. The van der Waals surface area contributed by atoms with Gasteiger partial charge in [0.2, 0.25) is 0 Å². The average Bonchev–Trinajstić information content (AvgIpc) is 2.14. The molecule has 0 spiro atoms. The van der Waals surface area contributed by atoms with Crippen molar-refractivity contribution >= 4 is 18.5 Å². The van der Waals surface area contributed by atoms with Gasteiger partial charge in [-0.25, -0.2) is 0 Å². The topological polar surface area (TPSA) is 0 Å².